The van der Waals surface area contributed by atoms with Gasteiger partial charge in [-0.3, -0.25) is 0 Å². The molecule has 5 nitrogen and oxygen atoms in total. The number of hydrogen-bond acceptors (Lipinski definition) is 5. The van der Waals surface area contributed by atoms with Gasteiger partial charge in [0.05, 0.1) is 13.2 Å². The van der Waals surface area contributed by atoms with Crippen LogP contribution in [0.1, 0.15) is 31.2 Å². The van der Waals surface area contributed by atoms with E-state index in [0.717, 1.165) is 25.9 Å². The lowest BCUT2D eigenvalue weighted by atomic mass is 9.90. The van der Waals surface area contributed by atoms with Crippen LogP contribution in [-0.2, 0) is 0 Å². The Balaban J connectivity index is 2.09. The van der Waals surface area contributed by atoms with Crippen LogP contribution in [0.5, 0.6) is 11.5 Å². The lowest BCUT2D eigenvalue weighted by Gasteiger charge is -2.24. The molecule has 1 unspecified atom stereocenters. The van der Waals surface area contributed by atoms with Crippen molar-refractivity contribution < 1.29 is 19.7 Å². The largest absolute Gasteiger partial charge is 0.490 e. The Hall–Kier alpha value is -1.30. The van der Waals surface area contributed by atoms with E-state index in [1.54, 1.807) is 0 Å². The summed E-state index contributed by atoms with van der Waals surface area (Å²) in [6, 6.07) is 6.01. The third kappa shape index (κ3) is 4.59. The van der Waals surface area contributed by atoms with E-state index in [2.05, 4.69) is 11.4 Å². The Labute approximate surface area is 125 Å². The highest BCUT2D eigenvalue weighted by Crippen LogP contribution is 2.34. The molecule has 1 atom stereocenters. The van der Waals surface area contributed by atoms with Gasteiger partial charge in [0.15, 0.2) is 11.5 Å². The summed E-state index contributed by atoms with van der Waals surface area (Å²) in [6.45, 7) is 4.35. The smallest absolute Gasteiger partial charge is 0.161 e. The molecule has 1 saturated heterocycles. The van der Waals surface area contributed by atoms with E-state index < -0.39 is 6.10 Å². The van der Waals surface area contributed by atoms with Gasteiger partial charge in [0, 0.05) is 0 Å². The minimum Gasteiger partial charge on any atom is -0.490 e. The molecule has 0 saturated carbocycles. The molecule has 1 aromatic carbocycles. The first kappa shape index (κ1) is 16.1. The average Bonchev–Trinajstić information content (AvgIpc) is 2.54. The summed E-state index contributed by atoms with van der Waals surface area (Å²) in [7, 11) is 0. The molecule has 0 aromatic heterocycles. The van der Waals surface area contributed by atoms with Crippen molar-refractivity contribution in [2.75, 3.05) is 32.9 Å². The predicted octanol–water partition coefficient (Wildman–Crippen LogP) is 1.28. The number of nitrogens with one attached hydrogen (secondary N) is 1. The molecule has 118 valence electrons. The highest BCUT2D eigenvalue weighted by Gasteiger charge is 2.17. The average molecular weight is 295 g/mol. The highest BCUT2D eigenvalue weighted by atomic mass is 16.5. The maximum Gasteiger partial charge on any atom is 0.161 e. The number of aliphatic hydroxyl groups excluding tert-OH is 2. The molecule has 2 rings (SSSR count). The third-order valence-electron chi connectivity index (χ3n) is 3.72. The molecular formula is C16H25NO4. The first-order chi connectivity index (χ1) is 10.2. The van der Waals surface area contributed by atoms with E-state index in [1.165, 1.54) is 5.56 Å². The number of rotatable bonds is 7. The van der Waals surface area contributed by atoms with Gasteiger partial charge >= 0.3 is 0 Å². The van der Waals surface area contributed by atoms with Gasteiger partial charge in [0.2, 0.25) is 0 Å². The molecule has 0 spiro atoms. The van der Waals surface area contributed by atoms with Crippen molar-refractivity contribution in [1.29, 1.82) is 0 Å². The predicted molar refractivity (Wildman–Crippen MR) is 81.0 cm³/mol. The number of ether oxygens (including phenoxy) is 2. The lowest BCUT2D eigenvalue weighted by molar-refractivity contribution is 0.0525. The van der Waals surface area contributed by atoms with Gasteiger partial charge in [-0.25, -0.2) is 0 Å². The number of aliphatic hydroxyl groups is 2. The fourth-order valence-electron chi connectivity index (χ4n) is 2.56. The van der Waals surface area contributed by atoms with Crippen LogP contribution < -0.4 is 14.8 Å². The number of hydrogen-bond donors (Lipinski definition) is 3. The van der Waals surface area contributed by atoms with Crippen LogP contribution in [0.2, 0.25) is 0 Å². The van der Waals surface area contributed by atoms with Crippen LogP contribution in [-0.4, -0.2) is 49.2 Å². The fourth-order valence-corrected chi connectivity index (χ4v) is 2.56. The zero-order chi connectivity index (χ0) is 15.1. The standard InChI is InChI=1S/C16H25NO4/c1-2-20-16-9-13(12-5-7-17-8-6-12)3-4-15(16)21-11-14(19)10-18/h3-4,9,12,14,17-19H,2,5-8,10-11H2,1H3. The normalized spacial score (nSPS) is 17.5. The molecule has 1 aromatic rings. The van der Waals surface area contributed by atoms with E-state index >= 15 is 0 Å². The molecule has 1 aliphatic rings. The summed E-state index contributed by atoms with van der Waals surface area (Å²) in [4.78, 5) is 0. The second-order valence-corrected chi connectivity index (χ2v) is 5.31. The monoisotopic (exact) mass is 295 g/mol. The summed E-state index contributed by atoms with van der Waals surface area (Å²) in [5, 5.41) is 21.6. The third-order valence-corrected chi connectivity index (χ3v) is 3.72. The van der Waals surface area contributed by atoms with Gasteiger partial charge in [-0.05, 0) is 56.5 Å². The molecular weight excluding hydrogens is 270 g/mol. The molecule has 1 fully saturated rings. The molecule has 1 heterocycles. The lowest BCUT2D eigenvalue weighted by Crippen LogP contribution is -2.26. The molecule has 0 radical (unpaired) electrons. The molecule has 1 aliphatic heterocycles. The molecule has 0 aliphatic carbocycles. The topological polar surface area (TPSA) is 71.0 Å². The van der Waals surface area contributed by atoms with Crippen molar-refractivity contribution in [2.24, 2.45) is 0 Å². The first-order valence-electron chi connectivity index (χ1n) is 7.63. The highest BCUT2D eigenvalue weighted by molar-refractivity contribution is 5.44. The number of benzene rings is 1. The molecule has 0 bridgehead atoms. The zero-order valence-electron chi connectivity index (χ0n) is 12.5. The molecule has 0 amide bonds. The first-order valence-corrected chi connectivity index (χ1v) is 7.63. The van der Waals surface area contributed by atoms with Crippen molar-refractivity contribution in [1.82, 2.24) is 5.32 Å². The van der Waals surface area contributed by atoms with E-state index in [4.69, 9.17) is 14.6 Å². The summed E-state index contributed by atoms with van der Waals surface area (Å²) in [5.41, 5.74) is 1.27. The summed E-state index contributed by atoms with van der Waals surface area (Å²) in [5.74, 6) is 1.88. The maximum absolute atomic E-state index is 9.38. The second-order valence-electron chi connectivity index (χ2n) is 5.31. The Bertz CT molecular complexity index is 432. The van der Waals surface area contributed by atoms with Crippen molar-refractivity contribution in [3.8, 4) is 11.5 Å². The van der Waals surface area contributed by atoms with Gasteiger partial charge < -0.3 is 25.0 Å². The quantitative estimate of drug-likeness (QED) is 0.707. The van der Waals surface area contributed by atoms with Gasteiger partial charge in [-0.1, -0.05) is 6.07 Å². The van der Waals surface area contributed by atoms with Crippen molar-refractivity contribution in [3.63, 3.8) is 0 Å². The minimum atomic E-state index is -0.872. The maximum atomic E-state index is 9.38. The number of piperidine rings is 1. The molecule has 5 heteroatoms. The zero-order valence-corrected chi connectivity index (χ0v) is 12.5. The minimum absolute atomic E-state index is 0.0588. The fraction of sp³-hybridized carbons (Fsp3) is 0.625. The van der Waals surface area contributed by atoms with Crippen LogP contribution >= 0.6 is 0 Å². The van der Waals surface area contributed by atoms with E-state index in [9.17, 15) is 5.11 Å². The van der Waals surface area contributed by atoms with Crippen molar-refractivity contribution in [2.45, 2.75) is 31.8 Å². The van der Waals surface area contributed by atoms with Gasteiger partial charge in [-0.2, -0.15) is 0 Å². The van der Waals surface area contributed by atoms with Crippen LogP contribution in [0, 0.1) is 0 Å². The SMILES string of the molecule is CCOc1cc(C2CCNCC2)ccc1OCC(O)CO. The van der Waals surface area contributed by atoms with Crippen molar-refractivity contribution >= 4 is 0 Å². The van der Waals surface area contributed by atoms with Crippen LogP contribution in [0.4, 0.5) is 0 Å². The summed E-state index contributed by atoms with van der Waals surface area (Å²) < 4.78 is 11.2. The summed E-state index contributed by atoms with van der Waals surface area (Å²) >= 11 is 0. The Morgan fingerprint density at radius 1 is 1.24 bits per heavy atom. The Morgan fingerprint density at radius 2 is 2.00 bits per heavy atom. The Morgan fingerprint density at radius 3 is 2.67 bits per heavy atom. The van der Waals surface area contributed by atoms with E-state index in [-0.39, 0.29) is 13.2 Å². The second kappa shape index (κ2) is 8.22. The Kier molecular flexibility index (Phi) is 6.29. The van der Waals surface area contributed by atoms with Gasteiger partial charge in [-0.15, -0.1) is 0 Å². The van der Waals surface area contributed by atoms with Crippen LogP contribution in [0.15, 0.2) is 18.2 Å². The van der Waals surface area contributed by atoms with Crippen molar-refractivity contribution in [3.05, 3.63) is 23.8 Å². The molecule has 21 heavy (non-hydrogen) atoms. The molecule has 3 N–H and O–H groups in total. The van der Waals surface area contributed by atoms with Crippen LogP contribution in [0.3, 0.4) is 0 Å². The van der Waals surface area contributed by atoms with Crippen LogP contribution in [0.25, 0.3) is 0 Å². The van der Waals surface area contributed by atoms with Gasteiger partial charge in [0.1, 0.15) is 12.7 Å². The summed E-state index contributed by atoms with van der Waals surface area (Å²) in [6.07, 6.45) is 1.40. The van der Waals surface area contributed by atoms with E-state index in [0.29, 0.717) is 24.0 Å². The van der Waals surface area contributed by atoms with Gasteiger partial charge in [0.25, 0.3) is 0 Å². The van der Waals surface area contributed by atoms with E-state index in [1.807, 2.05) is 19.1 Å².